The molecule has 3 N–H and O–H groups in total. The van der Waals surface area contributed by atoms with E-state index in [2.05, 4.69) is 60.0 Å². The van der Waals surface area contributed by atoms with Crippen LogP contribution in [0, 0.1) is 12.3 Å². The number of nitrogens with one attached hydrogen (secondary N) is 1. The first-order chi connectivity index (χ1) is 7.84. The Labute approximate surface area is 112 Å². The number of nitrogens with zero attached hydrogens (tertiary/aromatic N) is 1. The molecular formula is C13H22BrN3. The summed E-state index contributed by atoms with van der Waals surface area (Å²) in [5, 5.41) is 3.48. The van der Waals surface area contributed by atoms with Crippen LogP contribution in [-0.4, -0.2) is 17.6 Å². The van der Waals surface area contributed by atoms with Gasteiger partial charge in [-0.15, -0.1) is 0 Å². The number of aromatic nitrogens is 1. The summed E-state index contributed by atoms with van der Waals surface area (Å²) in [7, 11) is 0. The molecule has 0 aliphatic heterocycles. The van der Waals surface area contributed by atoms with Crippen LogP contribution in [0.2, 0.25) is 0 Å². The maximum Gasteiger partial charge on any atom is 0.126 e. The number of hydrogen-bond acceptors (Lipinski definition) is 3. The number of aryl methyl sites for hydroxylation is 1. The fraction of sp³-hybridized carbons (Fsp3) is 0.615. The van der Waals surface area contributed by atoms with Crippen LogP contribution in [0.3, 0.4) is 0 Å². The van der Waals surface area contributed by atoms with Gasteiger partial charge >= 0.3 is 0 Å². The third kappa shape index (κ3) is 4.28. The minimum atomic E-state index is 0.169. The van der Waals surface area contributed by atoms with Gasteiger partial charge in [0.25, 0.3) is 0 Å². The Morgan fingerprint density at radius 2 is 2.12 bits per heavy atom. The van der Waals surface area contributed by atoms with Crippen LogP contribution in [0.4, 0.5) is 5.82 Å². The molecule has 1 unspecified atom stereocenters. The van der Waals surface area contributed by atoms with Gasteiger partial charge in [-0.2, -0.15) is 0 Å². The molecule has 0 bridgehead atoms. The molecule has 0 fully saturated rings. The Morgan fingerprint density at radius 1 is 1.47 bits per heavy atom. The molecule has 0 aromatic carbocycles. The van der Waals surface area contributed by atoms with E-state index in [1.807, 2.05) is 6.20 Å². The summed E-state index contributed by atoms with van der Waals surface area (Å²) in [5.41, 5.74) is 7.02. The zero-order chi connectivity index (χ0) is 13.1. The van der Waals surface area contributed by atoms with E-state index < -0.39 is 0 Å². The summed E-state index contributed by atoms with van der Waals surface area (Å²) < 4.78 is 1.04. The van der Waals surface area contributed by atoms with Crippen LogP contribution < -0.4 is 11.1 Å². The topological polar surface area (TPSA) is 50.9 Å². The van der Waals surface area contributed by atoms with Crippen molar-refractivity contribution in [1.29, 1.82) is 0 Å². The molecule has 0 radical (unpaired) electrons. The summed E-state index contributed by atoms with van der Waals surface area (Å²) in [6.45, 7) is 9.39. The zero-order valence-electron chi connectivity index (χ0n) is 11.0. The van der Waals surface area contributed by atoms with E-state index in [9.17, 15) is 0 Å². The van der Waals surface area contributed by atoms with Gasteiger partial charge in [-0.25, -0.2) is 4.98 Å². The van der Waals surface area contributed by atoms with Crippen molar-refractivity contribution in [2.75, 3.05) is 11.9 Å². The lowest BCUT2D eigenvalue weighted by molar-refractivity contribution is 0.328. The minimum absolute atomic E-state index is 0.169. The van der Waals surface area contributed by atoms with Gasteiger partial charge in [0, 0.05) is 16.7 Å². The smallest absolute Gasteiger partial charge is 0.126 e. The number of hydrogen-bond donors (Lipinski definition) is 2. The Kier molecular flexibility index (Phi) is 4.95. The third-order valence-electron chi connectivity index (χ3n) is 2.87. The van der Waals surface area contributed by atoms with Gasteiger partial charge in [0.05, 0.1) is 0 Å². The minimum Gasteiger partial charge on any atom is -0.367 e. The van der Waals surface area contributed by atoms with Crippen LogP contribution in [0.5, 0.6) is 0 Å². The highest BCUT2D eigenvalue weighted by Crippen LogP contribution is 2.26. The van der Waals surface area contributed by atoms with Crippen molar-refractivity contribution in [3.05, 3.63) is 22.3 Å². The number of pyridine rings is 1. The molecule has 3 nitrogen and oxygen atoms in total. The fourth-order valence-corrected chi connectivity index (χ4v) is 1.90. The van der Waals surface area contributed by atoms with Gasteiger partial charge in [-0.05, 0) is 52.9 Å². The van der Waals surface area contributed by atoms with E-state index in [1.165, 1.54) is 5.56 Å². The van der Waals surface area contributed by atoms with Gasteiger partial charge in [0.2, 0.25) is 0 Å². The predicted octanol–water partition coefficient (Wildman–Crippen LogP) is 3.33. The molecule has 0 aliphatic rings. The van der Waals surface area contributed by atoms with Crippen molar-refractivity contribution in [3.63, 3.8) is 0 Å². The van der Waals surface area contributed by atoms with Crippen LogP contribution in [0.25, 0.3) is 0 Å². The molecule has 4 heteroatoms. The summed E-state index contributed by atoms with van der Waals surface area (Å²) in [6.07, 6.45) is 2.78. The SMILES string of the molecule is Cc1cc(NC(CCN)C(C)(C)C)ncc1Br. The van der Waals surface area contributed by atoms with E-state index in [4.69, 9.17) is 5.73 Å². The molecule has 1 atom stereocenters. The Bertz CT molecular complexity index is 371. The predicted molar refractivity (Wildman–Crippen MR) is 77.2 cm³/mol. The van der Waals surface area contributed by atoms with E-state index in [1.54, 1.807) is 0 Å². The van der Waals surface area contributed by atoms with Crippen molar-refractivity contribution >= 4 is 21.7 Å². The summed E-state index contributed by atoms with van der Waals surface area (Å²) in [4.78, 5) is 4.38. The van der Waals surface area contributed by atoms with Gasteiger partial charge in [0.15, 0.2) is 0 Å². The monoisotopic (exact) mass is 299 g/mol. The molecule has 17 heavy (non-hydrogen) atoms. The van der Waals surface area contributed by atoms with Gasteiger partial charge in [-0.1, -0.05) is 20.8 Å². The third-order valence-corrected chi connectivity index (χ3v) is 3.70. The van der Waals surface area contributed by atoms with E-state index in [0.29, 0.717) is 12.6 Å². The summed E-state index contributed by atoms with van der Waals surface area (Å²) in [5.74, 6) is 0.916. The first-order valence-corrected chi connectivity index (χ1v) is 6.72. The normalized spacial score (nSPS) is 13.5. The van der Waals surface area contributed by atoms with Crippen LogP contribution in [0.15, 0.2) is 16.7 Å². The Morgan fingerprint density at radius 3 is 2.59 bits per heavy atom. The van der Waals surface area contributed by atoms with Crippen LogP contribution in [0.1, 0.15) is 32.8 Å². The van der Waals surface area contributed by atoms with Crippen LogP contribution >= 0.6 is 15.9 Å². The molecule has 0 spiro atoms. The first-order valence-electron chi connectivity index (χ1n) is 5.93. The number of nitrogens with two attached hydrogens (primary N) is 1. The quantitative estimate of drug-likeness (QED) is 0.896. The standard InChI is InChI=1S/C13H22BrN3/c1-9-7-12(16-8-10(9)14)17-11(5-6-15)13(2,3)4/h7-8,11H,5-6,15H2,1-4H3,(H,16,17). The van der Waals surface area contributed by atoms with Crippen molar-refractivity contribution < 1.29 is 0 Å². The molecule has 1 aromatic heterocycles. The second kappa shape index (κ2) is 5.83. The highest BCUT2D eigenvalue weighted by Gasteiger charge is 2.24. The van der Waals surface area contributed by atoms with Crippen molar-refractivity contribution in [2.45, 2.75) is 40.2 Å². The molecular weight excluding hydrogens is 278 g/mol. The Balaban J connectivity index is 2.82. The fourth-order valence-electron chi connectivity index (χ4n) is 1.69. The second-order valence-corrected chi connectivity index (χ2v) is 6.31. The average Bonchev–Trinajstić information content (AvgIpc) is 2.21. The molecule has 0 amide bonds. The highest BCUT2D eigenvalue weighted by atomic mass is 79.9. The van der Waals surface area contributed by atoms with Crippen LogP contribution in [-0.2, 0) is 0 Å². The lowest BCUT2D eigenvalue weighted by atomic mass is 9.85. The molecule has 0 aliphatic carbocycles. The zero-order valence-corrected chi connectivity index (χ0v) is 12.6. The average molecular weight is 300 g/mol. The van der Waals surface area contributed by atoms with Crippen molar-refractivity contribution in [3.8, 4) is 0 Å². The Hall–Kier alpha value is -0.610. The second-order valence-electron chi connectivity index (χ2n) is 5.46. The maximum atomic E-state index is 5.67. The molecule has 0 saturated carbocycles. The van der Waals surface area contributed by atoms with Gasteiger partial charge in [-0.3, -0.25) is 0 Å². The summed E-state index contributed by atoms with van der Waals surface area (Å²) in [6, 6.07) is 2.39. The largest absolute Gasteiger partial charge is 0.367 e. The van der Waals surface area contributed by atoms with E-state index >= 15 is 0 Å². The molecule has 1 heterocycles. The van der Waals surface area contributed by atoms with Crippen molar-refractivity contribution in [2.24, 2.45) is 11.1 Å². The number of rotatable bonds is 4. The van der Waals surface area contributed by atoms with Gasteiger partial charge in [0.1, 0.15) is 5.82 Å². The van der Waals surface area contributed by atoms with Gasteiger partial charge < -0.3 is 11.1 Å². The number of anilines is 1. The maximum absolute atomic E-state index is 5.67. The molecule has 0 saturated heterocycles. The molecule has 1 aromatic rings. The summed E-state index contributed by atoms with van der Waals surface area (Å²) >= 11 is 3.46. The van der Waals surface area contributed by atoms with E-state index in [0.717, 1.165) is 16.7 Å². The molecule has 1 rings (SSSR count). The van der Waals surface area contributed by atoms with Crippen molar-refractivity contribution in [1.82, 2.24) is 4.98 Å². The number of halogens is 1. The first kappa shape index (κ1) is 14.5. The van der Waals surface area contributed by atoms with E-state index in [-0.39, 0.29) is 5.41 Å². The lowest BCUT2D eigenvalue weighted by Gasteiger charge is -2.31. The lowest BCUT2D eigenvalue weighted by Crippen LogP contribution is -2.36. The highest BCUT2D eigenvalue weighted by molar-refractivity contribution is 9.10. The molecule has 96 valence electrons.